The van der Waals surface area contributed by atoms with Gasteiger partial charge in [0.2, 0.25) is 0 Å². The van der Waals surface area contributed by atoms with E-state index < -0.39 is 8.25 Å². The van der Waals surface area contributed by atoms with Gasteiger partial charge in [-0.15, -0.1) is 0 Å². The fourth-order valence-electron chi connectivity index (χ4n) is 0.723. The number of rotatable bonds is 3. The van der Waals surface area contributed by atoms with Crippen molar-refractivity contribution >= 4 is 14.3 Å². The molecular formula is C8H7O3P. The zero-order valence-electron chi connectivity index (χ0n) is 6.21. The molecule has 1 aromatic rings. The van der Waals surface area contributed by atoms with E-state index in [1.165, 1.54) is 0 Å². The fraction of sp³-hybridized carbons (Fsp3) is 0. The van der Waals surface area contributed by atoms with E-state index in [0.717, 1.165) is 11.8 Å². The van der Waals surface area contributed by atoms with Gasteiger partial charge in [-0.25, -0.2) is 0 Å². The van der Waals surface area contributed by atoms with Crippen LogP contribution in [0.25, 0.3) is 6.08 Å². The molecule has 0 fully saturated rings. The highest BCUT2D eigenvalue weighted by molar-refractivity contribution is 7.30. The minimum atomic E-state index is -2.78. The molecule has 0 radical (unpaired) electrons. The second-order valence-corrected chi connectivity index (χ2v) is 2.70. The van der Waals surface area contributed by atoms with Crippen LogP contribution in [0.2, 0.25) is 0 Å². The maximum atomic E-state index is 9.95. The van der Waals surface area contributed by atoms with Crippen molar-refractivity contribution in [1.82, 2.24) is 0 Å². The molecule has 0 aromatic heterocycles. The monoisotopic (exact) mass is 182 g/mol. The molecule has 1 atom stereocenters. The lowest BCUT2D eigenvalue weighted by Crippen LogP contribution is -1.84. The van der Waals surface area contributed by atoms with E-state index in [4.69, 9.17) is 0 Å². The van der Waals surface area contributed by atoms with Gasteiger partial charge in [-0.2, -0.15) is 0 Å². The van der Waals surface area contributed by atoms with Crippen molar-refractivity contribution in [3.8, 4) is 0 Å². The molecule has 12 heavy (non-hydrogen) atoms. The van der Waals surface area contributed by atoms with Gasteiger partial charge in [0.05, 0.1) is 0 Å². The first-order chi connectivity index (χ1) is 5.79. The average molecular weight is 182 g/mol. The molecule has 0 saturated heterocycles. The Labute approximate surface area is 71.3 Å². The van der Waals surface area contributed by atoms with E-state index in [2.05, 4.69) is 4.52 Å². The molecule has 1 unspecified atom stereocenters. The van der Waals surface area contributed by atoms with Crippen molar-refractivity contribution in [2.45, 2.75) is 0 Å². The van der Waals surface area contributed by atoms with Gasteiger partial charge in [0, 0.05) is 0 Å². The lowest BCUT2D eigenvalue weighted by atomic mass is 10.2. The van der Waals surface area contributed by atoms with Crippen LogP contribution in [0.15, 0.2) is 36.6 Å². The highest BCUT2D eigenvalue weighted by atomic mass is 31.1. The third kappa shape index (κ3) is 3.28. The van der Waals surface area contributed by atoms with Crippen LogP contribution < -0.4 is 4.89 Å². The van der Waals surface area contributed by atoms with Crippen molar-refractivity contribution in [2.75, 3.05) is 0 Å². The topological polar surface area (TPSA) is 49.4 Å². The predicted molar refractivity (Wildman–Crippen MR) is 44.2 cm³/mol. The van der Waals surface area contributed by atoms with Gasteiger partial charge in [0.25, 0.3) is 0 Å². The number of hydrogen-bond acceptors (Lipinski definition) is 3. The van der Waals surface area contributed by atoms with Crippen LogP contribution in [0.5, 0.6) is 0 Å². The SMILES string of the molecule is O=[P+]([O-])OC=Cc1ccccc1. The Morgan fingerprint density at radius 3 is 2.58 bits per heavy atom. The molecule has 0 heterocycles. The molecule has 62 valence electrons. The van der Waals surface area contributed by atoms with Crippen molar-refractivity contribution in [3.05, 3.63) is 42.2 Å². The van der Waals surface area contributed by atoms with E-state index in [1.807, 2.05) is 30.3 Å². The minimum Gasteiger partial charge on any atom is -0.558 e. The Kier molecular flexibility index (Phi) is 3.45. The van der Waals surface area contributed by atoms with E-state index in [1.54, 1.807) is 6.08 Å². The van der Waals surface area contributed by atoms with Crippen LogP contribution in [0.3, 0.4) is 0 Å². The molecule has 0 aliphatic carbocycles. The van der Waals surface area contributed by atoms with E-state index in [9.17, 15) is 9.46 Å². The minimum absolute atomic E-state index is 0.898. The van der Waals surface area contributed by atoms with Crippen molar-refractivity contribution in [1.29, 1.82) is 0 Å². The second kappa shape index (κ2) is 4.65. The quantitative estimate of drug-likeness (QED) is 0.527. The summed E-state index contributed by atoms with van der Waals surface area (Å²) in [5.41, 5.74) is 0.898. The Morgan fingerprint density at radius 2 is 2.00 bits per heavy atom. The highest BCUT2D eigenvalue weighted by Crippen LogP contribution is 2.10. The van der Waals surface area contributed by atoms with E-state index >= 15 is 0 Å². The molecule has 1 rings (SSSR count). The van der Waals surface area contributed by atoms with Gasteiger partial charge >= 0.3 is 8.25 Å². The van der Waals surface area contributed by atoms with Crippen molar-refractivity contribution in [2.24, 2.45) is 0 Å². The molecule has 4 heteroatoms. The maximum Gasteiger partial charge on any atom is 0.538 e. The summed E-state index contributed by atoms with van der Waals surface area (Å²) < 4.78 is 14.2. The van der Waals surface area contributed by atoms with Gasteiger partial charge in [0.1, 0.15) is 0 Å². The van der Waals surface area contributed by atoms with Gasteiger partial charge in [-0.3, -0.25) is 4.52 Å². The Balaban J connectivity index is 2.52. The third-order valence-electron chi connectivity index (χ3n) is 1.21. The van der Waals surface area contributed by atoms with Crippen LogP contribution in [0.4, 0.5) is 0 Å². The summed E-state index contributed by atoms with van der Waals surface area (Å²) >= 11 is 0. The first-order valence-corrected chi connectivity index (χ1v) is 4.41. The summed E-state index contributed by atoms with van der Waals surface area (Å²) in [7, 11) is -2.78. The average Bonchev–Trinajstić information content (AvgIpc) is 2.05. The van der Waals surface area contributed by atoms with Gasteiger partial charge in [-0.05, 0) is 16.2 Å². The first kappa shape index (κ1) is 8.91. The Morgan fingerprint density at radius 1 is 1.33 bits per heavy atom. The Bertz CT molecular complexity index is 282. The molecule has 0 N–H and O–H groups in total. The molecular weight excluding hydrogens is 175 g/mol. The Hall–Kier alpha value is -1.18. The van der Waals surface area contributed by atoms with Crippen LogP contribution in [-0.2, 0) is 9.09 Å². The van der Waals surface area contributed by atoms with Crippen LogP contribution >= 0.6 is 8.25 Å². The maximum absolute atomic E-state index is 9.95. The van der Waals surface area contributed by atoms with E-state index in [-0.39, 0.29) is 0 Å². The third-order valence-corrected chi connectivity index (χ3v) is 1.50. The van der Waals surface area contributed by atoms with Crippen molar-refractivity contribution in [3.63, 3.8) is 0 Å². The molecule has 0 spiro atoms. The molecule has 3 nitrogen and oxygen atoms in total. The summed E-state index contributed by atoms with van der Waals surface area (Å²) in [5, 5.41) is 0. The lowest BCUT2D eigenvalue weighted by Gasteiger charge is -1.88. The lowest BCUT2D eigenvalue weighted by molar-refractivity contribution is -0.181. The summed E-state index contributed by atoms with van der Waals surface area (Å²) in [6.45, 7) is 0. The summed E-state index contributed by atoms with van der Waals surface area (Å²) in [6.07, 6.45) is 2.71. The number of benzene rings is 1. The molecule has 1 aromatic carbocycles. The summed E-state index contributed by atoms with van der Waals surface area (Å²) in [5.74, 6) is 0. The molecule has 0 aliphatic heterocycles. The van der Waals surface area contributed by atoms with Crippen LogP contribution in [0, 0.1) is 0 Å². The second-order valence-electron chi connectivity index (χ2n) is 2.04. The van der Waals surface area contributed by atoms with Gasteiger partial charge in [-0.1, -0.05) is 30.3 Å². The van der Waals surface area contributed by atoms with Gasteiger partial charge in [0.15, 0.2) is 6.26 Å². The zero-order chi connectivity index (χ0) is 8.81. The van der Waals surface area contributed by atoms with Crippen LogP contribution in [-0.4, -0.2) is 0 Å². The van der Waals surface area contributed by atoms with Crippen LogP contribution in [0.1, 0.15) is 5.56 Å². The fourth-order valence-corrected chi connectivity index (χ4v) is 0.883. The molecule has 0 amide bonds. The standard InChI is InChI=1S/C8H7O3P/c9-12(10)11-7-6-8-4-2-1-3-5-8/h1-7H. The smallest absolute Gasteiger partial charge is 0.538 e. The molecule has 0 aliphatic rings. The van der Waals surface area contributed by atoms with E-state index in [0.29, 0.717) is 0 Å². The van der Waals surface area contributed by atoms with Crippen molar-refractivity contribution < 1.29 is 14.0 Å². The predicted octanol–water partition coefficient (Wildman–Crippen LogP) is 1.69. The number of hydrogen-bond donors (Lipinski definition) is 0. The summed E-state index contributed by atoms with van der Waals surface area (Å²) in [4.78, 5) is 9.95. The first-order valence-electron chi connectivity index (χ1n) is 3.32. The molecule has 0 saturated carbocycles. The van der Waals surface area contributed by atoms with Gasteiger partial charge < -0.3 is 4.89 Å². The summed E-state index contributed by atoms with van der Waals surface area (Å²) in [6, 6.07) is 9.29. The zero-order valence-corrected chi connectivity index (χ0v) is 7.11. The largest absolute Gasteiger partial charge is 0.558 e. The molecule has 0 bridgehead atoms. The normalized spacial score (nSPS) is 11.6. The highest BCUT2D eigenvalue weighted by Gasteiger charge is 1.93.